The first-order chi connectivity index (χ1) is 13.9. The smallest absolute Gasteiger partial charge is 0.251 e. The molecule has 0 radical (unpaired) electrons. The van der Waals surface area contributed by atoms with Gasteiger partial charge in [0.05, 0.1) is 12.0 Å². The van der Waals surface area contributed by atoms with Crippen LogP contribution in [0.5, 0.6) is 0 Å². The van der Waals surface area contributed by atoms with Crippen LogP contribution in [0.3, 0.4) is 0 Å². The summed E-state index contributed by atoms with van der Waals surface area (Å²) in [7, 11) is 3.65. The van der Waals surface area contributed by atoms with Gasteiger partial charge in [0, 0.05) is 39.3 Å². The summed E-state index contributed by atoms with van der Waals surface area (Å²) in [5.74, 6) is 0.801. The largest absolute Gasteiger partial charge is 0.357 e. The first-order valence-electron chi connectivity index (χ1n) is 10.5. The third-order valence-corrected chi connectivity index (χ3v) is 5.31. The third kappa shape index (κ3) is 6.21. The summed E-state index contributed by atoms with van der Waals surface area (Å²) in [6.45, 7) is 6.29. The number of rotatable bonds is 8. The van der Waals surface area contributed by atoms with E-state index >= 15 is 0 Å². The zero-order valence-corrected chi connectivity index (χ0v) is 18.2. The van der Waals surface area contributed by atoms with E-state index < -0.39 is 0 Å². The first kappa shape index (κ1) is 22.7. The van der Waals surface area contributed by atoms with Gasteiger partial charge >= 0.3 is 0 Å². The first-order valence-corrected chi connectivity index (χ1v) is 10.5. The van der Waals surface area contributed by atoms with Crippen LogP contribution >= 0.6 is 0 Å². The molecule has 0 unspecified atom stereocenters. The van der Waals surface area contributed by atoms with Crippen LogP contribution < -0.4 is 16.0 Å². The van der Waals surface area contributed by atoms with Crippen molar-refractivity contribution >= 4 is 17.8 Å². The summed E-state index contributed by atoms with van der Waals surface area (Å²) in [5, 5.41) is 9.45. The highest BCUT2D eigenvalue weighted by molar-refractivity contribution is 5.94. The Morgan fingerprint density at radius 3 is 2.38 bits per heavy atom. The Kier molecular flexibility index (Phi) is 8.49. The molecule has 0 aromatic heterocycles. The van der Waals surface area contributed by atoms with Gasteiger partial charge in [0.2, 0.25) is 5.91 Å². The summed E-state index contributed by atoms with van der Waals surface area (Å²) in [6, 6.07) is 7.51. The molecular formula is C22H35N5O2. The molecular weight excluding hydrogens is 366 g/mol. The van der Waals surface area contributed by atoms with Gasteiger partial charge in [-0.2, -0.15) is 0 Å². The maximum absolute atomic E-state index is 12.8. The maximum Gasteiger partial charge on any atom is 0.251 e. The molecule has 0 heterocycles. The van der Waals surface area contributed by atoms with Gasteiger partial charge in [0.15, 0.2) is 5.96 Å². The summed E-state index contributed by atoms with van der Waals surface area (Å²) in [6.07, 6.45) is 3.99. The van der Waals surface area contributed by atoms with Crippen molar-refractivity contribution in [2.75, 3.05) is 33.7 Å². The Bertz CT molecular complexity index is 724. The summed E-state index contributed by atoms with van der Waals surface area (Å²) >= 11 is 0. The predicted molar refractivity (Wildman–Crippen MR) is 117 cm³/mol. The second-order valence-corrected chi connectivity index (χ2v) is 7.80. The lowest BCUT2D eigenvalue weighted by atomic mass is 9.84. The number of hydrogen-bond acceptors (Lipinski definition) is 3. The van der Waals surface area contributed by atoms with Crippen LogP contribution in [0.15, 0.2) is 29.3 Å². The van der Waals surface area contributed by atoms with E-state index in [0.29, 0.717) is 31.2 Å². The Hall–Kier alpha value is -2.57. The number of carbonyl (C=O) groups is 2. The zero-order chi connectivity index (χ0) is 21.3. The molecule has 0 spiro atoms. The van der Waals surface area contributed by atoms with Crippen LogP contribution in [0.1, 0.15) is 55.5 Å². The molecule has 1 aliphatic carbocycles. The average molecular weight is 402 g/mol. The van der Waals surface area contributed by atoms with Gasteiger partial charge in [-0.25, -0.2) is 4.99 Å². The highest BCUT2D eigenvalue weighted by Crippen LogP contribution is 2.38. The lowest BCUT2D eigenvalue weighted by Gasteiger charge is -2.31. The molecule has 0 bridgehead atoms. The fourth-order valence-electron chi connectivity index (χ4n) is 3.83. The molecule has 29 heavy (non-hydrogen) atoms. The van der Waals surface area contributed by atoms with Crippen molar-refractivity contribution in [2.45, 2.75) is 46.1 Å². The van der Waals surface area contributed by atoms with Crippen molar-refractivity contribution in [1.29, 1.82) is 0 Å². The van der Waals surface area contributed by atoms with Gasteiger partial charge in [-0.05, 0) is 44.4 Å². The number of hydrogen-bond donors (Lipinski definition) is 3. The van der Waals surface area contributed by atoms with Crippen LogP contribution in [0.4, 0.5) is 0 Å². The number of guanidine groups is 1. The minimum atomic E-state index is -0.349. The van der Waals surface area contributed by atoms with Gasteiger partial charge in [-0.1, -0.05) is 25.0 Å². The van der Waals surface area contributed by atoms with Crippen LogP contribution in [0, 0.1) is 5.41 Å². The van der Waals surface area contributed by atoms with Gasteiger partial charge < -0.3 is 20.9 Å². The van der Waals surface area contributed by atoms with Crippen molar-refractivity contribution in [3.8, 4) is 0 Å². The van der Waals surface area contributed by atoms with E-state index in [1.165, 1.54) is 0 Å². The molecule has 1 aromatic rings. The van der Waals surface area contributed by atoms with E-state index in [1.54, 1.807) is 11.0 Å². The van der Waals surface area contributed by atoms with Gasteiger partial charge in [0.1, 0.15) is 0 Å². The van der Waals surface area contributed by atoms with Crippen LogP contribution in [0.25, 0.3) is 0 Å². The van der Waals surface area contributed by atoms with E-state index in [0.717, 1.165) is 37.8 Å². The Balaban J connectivity index is 2.07. The van der Waals surface area contributed by atoms with Crippen LogP contribution in [0.2, 0.25) is 0 Å². The summed E-state index contributed by atoms with van der Waals surface area (Å²) < 4.78 is 0. The summed E-state index contributed by atoms with van der Waals surface area (Å²) in [4.78, 5) is 31.2. The molecule has 2 amide bonds. The average Bonchev–Trinajstić information content (AvgIpc) is 3.20. The van der Waals surface area contributed by atoms with Crippen LogP contribution in [-0.2, 0) is 11.3 Å². The lowest BCUT2D eigenvalue weighted by Crippen LogP contribution is -2.49. The highest BCUT2D eigenvalue weighted by Gasteiger charge is 2.42. The van der Waals surface area contributed by atoms with Gasteiger partial charge in [-0.3, -0.25) is 9.59 Å². The Labute approximate surface area is 174 Å². The molecule has 1 aliphatic rings. The predicted octanol–water partition coefficient (Wildman–Crippen LogP) is 2.14. The third-order valence-electron chi connectivity index (χ3n) is 5.31. The zero-order valence-electron chi connectivity index (χ0n) is 18.2. The lowest BCUT2D eigenvalue weighted by molar-refractivity contribution is -0.138. The van der Waals surface area contributed by atoms with E-state index in [1.807, 2.05) is 46.1 Å². The quantitative estimate of drug-likeness (QED) is 0.460. The van der Waals surface area contributed by atoms with Gasteiger partial charge in [0.25, 0.3) is 5.91 Å². The minimum Gasteiger partial charge on any atom is -0.357 e. The van der Waals surface area contributed by atoms with E-state index in [2.05, 4.69) is 20.9 Å². The van der Waals surface area contributed by atoms with Gasteiger partial charge in [-0.15, -0.1) is 0 Å². The number of benzene rings is 1. The second kappa shape index (κ2) is 10.8. The molecule has 0 aliphatic heterocycles. The normalized spacial score (nSPS) is 15.7. The molecule has 1 aromatic carbocycles. The second-order valence-electron chi connectivity index (χ2n) is 7.80. The monoisotopic (exact) mass is 401 g/mol. The fourth-order valence-corrected chi connectivity index (χ4v) is 3.83. The minimum absolute atomic E-state index is 0.0752. The summed E-state index contributed by atoms with van der Waals surface area (Å²) in [5.41, 5.74) is 1.25. The number of nitrogens with zero attached hydrogens (tertiary/aromatic N) is 2. The molecule has 7 heteroatoms. The van der Waals surface area contributed by atoms with Crippen molar-refractivity contribution in [3.05, 3.63) is 35.4 Å². The van der Waals surface area contributed by atoms with Crippen molar-refractivity contribution in [3.63, 3.8) is 0 Å². The Morgan fingerprint density at radius 1 is 1.07 bits per heavy atom. The van der Waals surface area contributed by atoms with E-state index in [-0.39, 0.29) is 17.2 Å². The van der Waals surface area contributed by atoms with Crippen molar-refractivity contribution < 1.29 is 9.59 Å². The molecule has 1 fully saturated rings. The molecule has 2 rings (SSSR count). The number of amides is 2. The molecule has 1 saturated carbocycles. The van der Waals surface area contributed by atoms with E-state index in [9.17, 15) is 9.59 Å². The molecule has 0 saturated heterocycles. The van der Waals surface area contributed by atoms with Crippen molar-refractivity contribution in [1.82, 2.24) is 20.9 Å². The molecule has 3 N–H and O–H groups in total. The van der Waals surface area contributed by atoms with Crippen LogP contribution in [-0.4, -0.2) is 56.4 Å². The fraction of sp³-hybridized carbons (Fsp3) is 0.591. The SMILES string of the molecule is CCNC(=O)c1cccc(CN=C(NCC)NCC2(C(=O)N(C)C)CCCC2)c1. The standard InChI is InChI=1S/C22H35N5O2/c1-5-23-19(28)18-11-9-10-17(14-18)15-25-21(24-6-2)26-16-22(12-7-8-13-22)20(29)27(3)4/h9-11,14H,5-8,12-13,15-16H2,1-4H3,(H,23,28)(H2,24,25,26). The highest BCUT2D eigenvalue weighted by atomic mass is 16.2. The number of carbonyl (C=O) groups excluding carboxylic acids is 2. The maximum atomic E-state index is 12.8. The molecule has 160 valence electrons. The number of nitrogens with one attached hydrogen (secondary N) is 3. The number of aliphatic imine (C=N–C) groups is 1. The van der Waals surface area contributed by atoms with Crippen molar-refractivity contribution in [2.24, 2.45) is 10.4 Å². The Morgan fingerprint density at radius 2 is 1.76 bits per heavy atom. The molecule has 7 nitrogen and oxygen atoms in total. The topological polar surface area (TPSA) is 85.8 Å². The van der Waals surface area contributed by atoms with E-state index in [4.69, 9.17) is 0 Å². The molecule has 0 atom stereocenters.